The predicted molar refractivity (Wildman–Crippen MR) is 123 cm³/mol. The molecular formula is C25H29N3O3. The Bertz CT molecular complexity index is 1120. The number of rotatable bonds is 7. The Balaban J connectivity index is 1.48. The number of aryl methyl sites for hydroxylation is 1. The Kier molecular flexibility index (Phi) is 6.26. The van der Waals surface area contributed by atoms with Crippen LogP contribution in [0.4, 0.5) is 0 Å². The van der Waals surface area contributed by atoms with Crippen molar-refractivity contribution in [3.63, 3.8) is 0 Å². The SMILES string of the molecule is CCOc1ccc(/C=N\NC(=O)c2ccc3[nH]c4c(c3c2)CC(C)CC4)cc1OCC. The van der Waals surface area contributed by atoms with Gasteiger partial charge in [0.15, 0.2) is 11.5 Å². The molecule has 1 amide bonds. The predicted octanol–water partition coefficient (Wildman–Crippen LogP) is 4.85. The number of nitrogens with zero attached hydrogens (tertiary/aromatic N) is 1. The van der Waals surface area contributed by atoms with Crippen LogP contribution in [-0.2, 0) is 12.8 Å². The van der Waals surface area contributed by atoms with Gasteiger partial charge in [0.1, 0.15) is 0 Å². The van der Waals surface area contributed by atoms with Gasteiger partial charge in [0.05, 0.1) is 19.4 Å². The monoisotopic (exact) mass is 419 g/mol. The largest absolute Gasteiger partial charge is 0.490 e. The average molecular weight is 420 g/mol. The molecule has 6 heteroatoms. The van der Waals surface area contributed by atoms with E-state index < -0.39 is 0 Å². The van der Waals surface area contributed by atoms with Crippen molar-refractivity contribution >= 4 is 23.0 Å². The Hall–Kier alpha value is -3.28. The molecule has 0 radical (unpaired) electrons. The van der Waals surface area contributed by atoms with E-state index in [9.17, 15) is 4.79 Å². The summed E-state index contributed by atoms with van der Waals surface area (Å²) in [5.41, 5.74) is 7.81. The molecule has 0 saturated carbocycles. The van der Waals surface area contributed by atoms with E-state index in [1.54, 1.807) is 6.21 Å². The molecule has 0 aliphatic heterocycles. The summed E-state index contributed by atoms with van der Waals surface area (Å²) in [4.78, 5) is 16.2. The molecule has 1 aliphatic carbocycles. The number of aromatic nitrogens is 1. The molecule has 0 fully saturated rings. The van der Waals surface area contributed by atoms with Crippen molar-refractivity contribution in [1.82, 2.24) is 10.4 Å². The number of H-pyrrole nitrogens is 1. The first-order valence-corrected chi connectivity index (χ1v) is 11.0. The first-order valence-electron chi connectivity index (χ1n) is 11.0. The van der Waals surface area contributed by atoms with Crippen LogP contribution in [0.1, 0.15) is 54.4 Å². The van der Waals surface area contributed by atoms with Crippen molar-refractivity contribution in [3.8, 4) is 11.5 Å². The van der Waals surface area contributed by atoms with E-state index in [0.29, 0.717) is 36.2 Å². The van der Waals surface area contributed by atoms with Gasteiger partial charge in [-0.05, 0) is 86.6 Å². The molecule has 4 rings (SSSR count). The first kappa shape index (κ1) is 21.0. The summed E-state index contributed by atoms with van der Waals surface area (Å²) < 4.78 is 11.2. The smallest absolute Gasteiger partial charge is 0.271 e. The fourth-order valence-electron chi connectivity index (χ4n) is 4.11. The number of carbonyl (C=O) groups is 1. The Morgan fingerprint density at radius 1 is 1.16 bits per heavy atom. The number of ether oxygens (including phenoxy) is 2. The van der Waals surface area contributed by atoms with Crippen LogP contribution in [0.25, 0.3) is 10.9 Å². The van der Waals surface area contributed by atoms with Crippen LogP contribution >= 0.6 is 0 Å². The molecule has 1 atom stereocenters. The van der Waals surface area contributed by atoms with E-state index in [2.05, 4.69) is 22.4 Å². The standard InChI is InChI=1S/C25H29N3O3/c1-4-30-23-11-7-17(13-24(23)31-5-2)15-26-28-25(29)18-8-10-22-20(14-18)19-12-16(3)6-9-21(19)27-22/h7-8,10-11,13-16,27H,4-6,9,12H2,1-3H3,(H,28,29)/b26-15-. The van der Waals surface area contributed by atoms with Gasteiger partial charge in [0.2, 0.25) is 0 Å². The summed E-state index contributed by atoms with van der Waals surface area (Å²) >= 11 is 0. The zero-order valence-electron chi connectivity index (χ0n) is 18.3. The zero-order valence-corrected chi connectivity index (χ0v) is 18.3. The molecule has 0 saturated heterocycles. The Morgan fingerprint density at radius 2 is 1.97 bits per heavy atom. The number of fused-ring (bicyclic) bond motifs is 3. The molecule has 6 nitrogen and oxygen atoms in total. The molecule has 1 unspecified atom stereocenters. The normalized spacial score (nSPS) is 15.8. The summed E-state index contributed by atoms with van der Waals surface area (Å²) in [7, 11) is 0. The van der Waals surface area contributed by atoms with Gasteiger partial charge in [0.25, 0.3) is 5.91 Å². The number of nitrogens with one attached hydrogen (secondary N) is 2. The van der Waals surface area contributed by atoms with Crippen LogP contribution in [0.2, 0.25) is 0 Å². The minimum absolute atomic E-state index is 0.229. The van der Waals surface area contributed by atoms with Gasteiger partial charge in [-0.15, -0.1) is 0 Å². The van der Waals surface area contributed by atoms with Crippen molar-refractivity contribution in [1.29, 1.82) is 0 Å². The van der Waals surface area contributed by atoms with Crippen LogP contribution < -0.4 is 14.9 Å². The van der Waals surface area contributed by atoms with Crippen LogP contribution in [0, 0.1) is 5.92 Å². The topological polar surface area (TPSA) is 75.7 Å². The summed E-state index contributed by atoms with van der Waals surface area (Å²) in [5.74, 6) is 1.80. The minimum atomic E-state index is -0.229. The molecule has 31 heavy (non-hydrogen) atoms. The van der Waals surface area contributed by atoms with Gasteiger partial charge < -0.3 is 14.5 Å². The molecule has 1 aromatic heterocycles. The van der Waals surface area contributed by atoms with Crippen LogP contribution in [0.3, 0.4) is 0 Å². The van der Waals surface area contributed by atoms with E-state index >= 15 is 0 Å². The van der Waals surface area contributed by atoms with E-state index in [1.807, 2.05) is 50.2 Å². The number of amides is 1. The van der Waals surface area contributed by atoms with Crippen molar-refractivity contribution in [2.45, 2.75) is 40.0 Å². The summed E-state index contributed by atoms with van der Waals surface area (Å²) in [5, 5.41) is 5.28. The molecule has 2 aromatic carbocycles. The van der Waals surface area contributed by atoms with Crippen LogP contribution in [0.5, 0.6) is 11.5 Å². The second-order valence-corrected chi connectivity index (χ2v) is 7.96. The number of benzene rings is 2. The minimum Gasteiger partial charge on any atom is -0.490 e. The maximum atomic E-state index is 12.7. The van der Waals surface area contributed by atoms with E-state index in [4.69, 9.17) is 9.47 Å². The maximum absolute atomic E-state index is 12.7. The molecule has 0 bridgehead atoms. The second kappa shape index (κ2) is 9.25. The molecule has 162 valence electrons. The highest BCUT2D eigenvalue weighted by Crippen LogP contribution is 2.32. The van der Waals surface area contributed by atoms with Gasteiger partial charge in [-0.1, -0.05) is 6.92 Å². The number of hydrogen-bond donors (Lipinski definition) is 2. The Morgan fingerprint density at radius 3 is 2.77 bits per heavy atom. The summed E-state index contributed by atoms with van der Waals surface area (Å²) in [6.07, 6.45) is 4.94. The molecule has 0 spiro atoms. The number of aromatic amines is 1. The van der Waals surface area contributed by atoms with Crippen molar-refractivity contribution in [2.24, 2.45) is 11.0 Å². The zero-order chi connectivity index (χ0) is 21.8. The molecule has 1 aliphatic rings. The van der Waals surface area contributed by atoms with Crippen LogP contribution in [0.15, 0.2) is 41.5 Å². The lowest BCUT2D eigenvalue weighted by Crippen LogP contribution is -2.17. The average Bonchev–Trinajstić information content (AvgIpc) is 3.13. The third-order valence-electron chi connectivity index (χ3n) is 5.64. The molecule has 3 aromatic rings. The van der Waals surface area contributed by atoms with Crippen molar-refractivity contribution in [3.05, 3.63) is 58.8 Å². The van der Waals surface area contributed by atoms with E-state index in [1.165, 1.54) is 17.7 Å². The number of carbonyl (C=O) groups excluding carboxylic acids is 1. The third kappa shape index (κ3) is 4.58. The fraction of sp³-hybridized carbons (Fsp3) is 0.360. The van der Waals surface area contributed by atoms with Crippen LogP contribution in [-0.4, -0.2) is 30.3 Å². The molecule has 1 heterocycles. The third-order valence-corrected chi connectivity index (χ3v) is 5.64. The molecular weight excluding hydrogens is 390 g/mol. The van der Waals surface area contributed by atoms with Gasteiger partial charge in [-0.3, -0.25) is 4.79 Å². The van der Waals surface area contributed by atoms with Gasteiger partial charge >= 0.3 is 0 Å². The number of hydrogen-bond acceptors (Lipinski definition) is 4. The second-order valence-electron chi connectivity index (χ2n) is 7.96. The van der Waals surface area contributed by atoms with Gasteiger partial charge in [-0.25, -0.2) is 5.43 Å². The van der Waals surface area contributed by atoms with Crippen molar-refractivity contribution in [2.75, 3.05) is 13.2 Å². The Labute approximate surface area is 182 Å². The molecule has 2 N–H and O–H groups in total. The maximum Gasteiger partial charge on any atom is 0.271 e. The van der Waals surface area contributed by atoms with Gasteiger partial charge in [0, 0.05) is 22.2 Å². The van der Waals surface area contributed by atoms with E-state index in [-0.39, 0.29) is 5.91 Å². The highest BCUT2D eigenvalue weighted by Gasteiger charge is 2.20. The lowest BCUT2D eigenvalue weighted by molar-refractivity contribution is 0.0955. The highest BCUT2D eigenvalue weighted by atomic mass is 16.5. The number of hydrazone groups is 1. The quantitative estimate of drug-likeness (QED) is 0.424. The van der Waals surface area contributed by atoms with Crippen molar-refractivity contribution < 1.29 is 14.3 Å². The first-order chi connectivity index (χ1) is 15.1. The van der Waals surface area contributed by atoms with Gasteiger partial charge in [-0.2, -0.15) is 5.10 Å². The van der Waals surface area contributed by atoms with E-state index in [0.717, 1.165) is 29.3 Å². The summed E-state index contributed by atoms with van der Waals surface area (Å²) in [6, 6.07) is 11.4. The summed E-state index contributed by atoms with van der Waals surface area (Å²) in [6.45, 7) is 7.25. The fourth-order valence-corrected chi connectivity index (χ4v) is 4.11. The highest BCUT2D eigenvalue weighted by molar-refractivity contribution is 5.99. The lowest BCUT2D eigenvalue weighted by Gasteiger charge is -2.18. The lowest BCUT2D eigenvalue weighted by atomic mass is 9.87.